The molecule has 0 atom stereocenters. The Morgan fingerprint density at radius 1 is 1.42 bits per heavy atom. The zero-order valence-electron chi connectivity index (χ0n) is 9.62. The molecule has 2 aromatic rings. The molecule has 0 saturated heterocycles. The smallest absolute Gasteiger partial charge is 0.269 e. The van der Waals surface area contributed by atoms with Crippen molar-refractivity contribution in [3.63, 3.8) is 0 Å². The number of anilines is 1. The lowest BCUT2D eigenvalue weighted by molar-refractivity contribution is -0.384. The molecule has 1 N–H and O–H groups in total. The maximum atomic E-state index is 11.7. The van der Waals surface area contributed by atoms with Crippen molar-refractivity contribution in [1.82, 2.24) is 9.78 Å². The summed E-state index contributed by atoms with van der Waals surface area (Å²) in [7, 11) is 0. The van der Waals surface area contributed by atoms with E-state index in [1.165, 1.54) is 28.9 Å². The molecule has 0 saturated carbocycles. The first-order chi connectivity index (χ1) is 9.04. The van der Waals surface area contributed by atoms with E-state index in [0.29, 0.717) is 5.69 Å². The van der Waals surface area contributed by atoms with Crippen molar-refractivity contribution < 1.29 is 9.72 Å². The van der Waals surface area contributed by atoms with Crippen LogP contribution in [0.3, 0.4) is 0 Å². The molecule has 2 rings (SSSR count). The van der Waals surface area contributed by atoms with Gasteiger partial charge >= 0.3 is 0 Å². The van der Waals surface area contributed by atoms with Crippen molar-refractivity contribution in [2.24, 2.45) is 0 Å². The molecule has 7 nitrogen and oxygen atoms in total. The predicted molar refractivity (Wildman–Crippen MR) is 71.7 cm³/mol. The average molecular weight is 325 g/mol. The van der Waals surface area contributed by atoms with E-state index in [-0.39, 0.29) is 18.1 Å². The molecule has 8 heteroatoms. The summed E-state index contributed by atoms with van der Waals surface area (Å²) in [6, 6.07) is 5.63. The van der Waals surface area contributed by atoms with Crippen molar-refractivity contribution in [1.29, 1.82) is 0 Å². The molecule has 19 heavy (non-hydrogen) atoms. The second kappa shape index (κ2) is 5.61. The second-order valence-electron chi connectivity index (χ2n) is 3.71. The van der Waals surface area contributed by atoms with E-state index in [1.807, 2.05) is 0 Å². The van der Waals surface area contributed by atoms with Gasteiger partial charge < -0.3 is 5.32 Å². The molecule has 0 bridgehead atoms. The summed E-state index contributed by atoms with van der Waals surface area (Å²) in [5.74, 6) is -0.260. The first-order valence-corrected chi connectivity index (χ1v) is 6.06. The average Bonchev–Trinajstić information content (AvgIpc) is 2.75. The number of nitrogens with one attached hydrogen (secondary N) is 1. The van der Waals surface area contributed by atoms with Crippen LogP contribution in [0.15, 0.2) is 41.1 Å². The highest BCUT2D eigenvalue weighted by Crippen LogP contribution is 2.15. The summed E-state index contributed by atoms with van der Waals surface area (Å²) in [6.45, 7) is 0.0720. The Bertz CT molecular complexity index is 609. The SMILES string of the molecule is O=C(Cn1cc(Br)cn1)Nc1ccc([N+](=O)[O-])cc1. The Kier molecular flexibility index (Phi) is 3.91. The molecule has 98 valence electrons. The number of non-ortho nitro benzene ring substituents is 1. The fraction of sp³-hybridized carbons (Fsp3) is 0.0909. The highest BCUT2D eigenvalue weighted by molar-refractivity contribution is 9.10. The van der Waals surface area contributed by atoms with Crippen LogP contribution >= 0.6 is 15.9 Å². The van der Waals surface area contributed by atoms with Gasteiger partial charge in [0.05, 0.1) is 15.6 Å². The molecule has 1 aromatic carbocycles. The van der Waals surface area contributed by atoms with E-state index < -0.39 is 4.92 Å². The number of carbonyl (C=O) groups is 1. The summed E-state index contributed by atoms with van der Waals surface area (Å²) in [5.41, 5.74) is 0.482. The van der Waals surface area contributed by atoms with Crippen LogP contribution in [0.4, 0.5) is 11.4 Å². The van der Waals surface area contributed by atoms with Gasteiger partial charge in [-0.05, 0) is 28.1 Å². The lowest BCUT2D eigenvalue weighted by Crippen LogP contribution is -2.18. The Hall–Kier alpha value is -2.22. The Morgan fingerprint density at radius 3 is 2.63 bits per heavy atom. The number of rotatable bonds is 4. The van der Waals surface area contributed by atoms with Crippen molar-refractivity contribution >= 4 is 33.2 Å². The van der Waals surface area contributed by atoms with Crippen molar-refractivity contribution in [2.75, 3.05) is 5.32 Å². The number of hydrogen-bond acceptors (Lipinski definition) is 4. The van der Waals surface area contributed by atoms with Crippen molar-refractivity contribution in [3.05, 3.63) is 51.2 Å². The summed E-state index contributed by atoms with van der Waals surface area (Å²) < 4.78 is 2.26. The van der Waals surface area contributed by atoms with E-state index in [0.717, 1.165) is 4.47 Å². The molecule has 0 spiro atoms. The summed E-state index contributed by atoms with van der Waals surface area (Å²) >= 11 is 3.23. The third-order valence-corrected chi connectivity index (χ3v) is 2.68. The minimum absolute atomic E-state index is 0.0194. The van der Waals surface area contributed by atoms with E-state index in [4.69, 9.17) is 0 Å². The quantitative estimate of drug-likeness (QED) is 0.689. The first-order valence-electron chi connectivity index (χ1n) is 5.27. The van der Waals surface area contributed by atoms with Crippen LogP contribution in [0.25, 0.3) is 0 Å². The Morgan fingerprint density at radius 2 is 2.11 bits per heavy atom. The highest BCUT2D eigenvalue weighted by atomic mass is 79.9. The highest BCUT2D eigenvalue weighted by Gasteiger charge is 2.07. The maximum Gasteiger partial charge on any atom is 0.269 e. The summed E-state index contributed by atoms with van der Waals surface area (Å²) in [4.78, 5) is 21.7. The van der Waals surface area contributed by atoms with E-state index >= 15 is 0 Å². The van der Waals surface area contributed by atoms with Crippen LogP contribution in [0.5, 0.6) is 0 Å². The molecular formula is C11H9BrN4O3. The zero-order chi connectivity index (χ0) is 13.8. The van der Waals surface area contributed by atoms with Crippen molar-refractivity contribution in [2.45, 2.75) is 6.54 Å². The molecule has 0 aliphatic rings. The van der Waals surface area contributed by atoms with Gasteiger partial charge in [0.15, 0.2) is 0 Å². The van der Waals surface area contributed by atoms with Crippen LogP contribution in [0, 0.1) is 10.1 Å². The molecule has 0 unspecified atom stereocenters. The topological polar surface area (TPSA) is 90.1 Å². The van der Waals surface area contributed by atoms with Crippen LogP contribution in [0.2, 0.25) is 0 Å². The molecule has 0 aliphatic heterocycles. The van der Waals surface area contributed by atoms with Crippen molar-refractivity contribution in [3.8, 4) is 0 Å². The maximum absolute atomic E-state index is 11.7. The van der Waals surface area contributed by atoms with E-state index in [2.05, 4.69) is 26.3 Å². The fourth-order valence-electron chi connectivity index (χ4n) is 1.44. The monoisotopic (exact) mass is 324 g/mol. The van der Waals surface area contributed by atoms with Gasteiger partial charge in [-0.25, -0.2) is 0 Å². The van der Waals surface area contributed by atoms with Gasteiger partial charge in [0.2, 0.25) is 5.91 Å². The van der Waals surface area contributed by atoms with Gasteiger partial charge in [-0.15, -0.1) is 0 Å². The van der Waals surface area contributed by atoms with Gasteiger partial charge in [0.25, 0.3) is 5.69 Å². The zero-order valence-corrected chi connectivity index (χ0v) is 11.2. The Labute approximate surface area is 116 Å². The van der Waals surface area contributed by atoms with Gasteiger partial charge in [-0.1, -0.05) is 0 Å². The normalized spacial score (nSPS) is 10.2. The molecule has 0 aliphatic carbocycles. The predicted octanol–water partition coefficient (Wildman–Crippen LogP) is 2.19. The third-order valence-electron chi connectivity index (χ3n) is 2.27. The van der Waals surface area contributed by atoms with Gasteiger partial charge in [-0.2, -0.15) is 5.10 Å². The van der Waals surface area contributed by atoms with Crippen LogP contribution in [-0.4, -0.2) is 20.6 Å². The number of halogens is 1. The van der Waals surface area contributed by atoms with Gasteiger partial charge in [0.1, 0.15) is 6.54 Å². The fourth-order valence-corrected chi connectivity index (χ4v) is 1.77. The largest absolute Gasteiger partial charge is 0.324 e. The first kappa shape index (κ1) is 13.2. The minimum atomic E-state index is -0.493. The molecule has 1 aromatic heterocycles. The molecule has 1 heterocycles. The molecule has 1 amide bonds. The lowest BCUT2D eigenvalue weighted by Gasteiger charge is -2.04. The van der Waals surface area contributed by atoms with Gasteiger partial charge in [0, 0.05) is 24.0 Å². The number of hydrogen-bond donors (Lipinski definition) is 1. The number of benzene rings is 1. The van der Waals surface area contributed by atoms with Crippen LogP contribution in [0.1, 0.15) is 0 Å². The van der Waals surface area contributed by atoms with Gasteiger partial charge in [-0.3, -0.25) is 19.6 Å². The third kappa shape index (κ3) is 3.62. The number of carbonyl (C=O) groups excluding carboxylic acids is 1. The Balaban J connectivity index is 1.97. The molecule has 0 radical (unpaired) electrons. The van der Waals surface area contributed by atoms with Crippen LogP contribution in [-0.2, 0) is 11.3 Å². The van der Waals surface area contributed by atoms with E-state index in [9.17, 15) is 14.9 Å². The standard InChI is InChI=1S/C11H9BrN4O3/c12-8-5-13-15(6-8)7-11(17)14-9-1-3-10(4-2-9)16(18)19/h1-6H,7H2,(H,14,17). The number of nitro benzene ring substituents is 1. The second-order valence-corrected chi connectivity index (χ2v) is 4.62. The van der Waals surface area contributed by atoms with E-state index in [1.54, 1.807) is 12.4 Å². The molecule has 0 fully saturated rings. The summed E-state index contributed by atoms with van der Waals surface area (Å²) in [5, 5.41) is 17.1. The van der Waals surface area contributed by atoms with Crippen LogP contribution < -0.4 is 5.32 Å². The lowest BCUT2D eigenvalue weighted by atomic mass is 10.3. The number of nitrogens with zero attached hydrogens (tertiary/aromatic N) is 3. The number of nitro groups is 1. The molecular weight excluding hydrogens is 316 g/mol. The minimum Gasteiger partial charge on any atom is -0.324 e. The number of amides is 1. The summed E-state index contributed by atoms with van der Waals surface area (Å²) in [6.07, 6.45) is 3.26. The number of aromatic nitrogens is 2.